The number of carbonyl (C=O) groups excluding carboxylic acids is 2. The Hall–Kier alpha value is -1.84. The Morgan fingerprint density at radius 3 is 2.56 bits per heavy atom. The molecule has 0 aromatic heterocycles. The van der Waals surface area contributed by atoms with E-state index in [1.165, 1.54) is 23.8 Å². The van der Waals surface area contributed by atoms with Crippen LogP contribution in [-0.2, 0) is 20.7 Å². The average Bonchev–Trinajstić information content (AvgIpc) is 2.33. The number of benzene rings is 1. The van der Waals surface area contributed by atoms with Crippen LogP contribution in [0.4, 0.5) is 0 Å². The van der Waals surface area contributed by atoms with Gasteiger partial charge in [0, 0.05) is 6.54 Å². The maximum absolute atomic E-state index is 11.3. The predicted molar refractivity (Wildman–Crippen MR) is 69.3 cm³/mol. The van der Waals surface area contributed by atoms with E-state index >= 15 is 0 Å². The molecule has 1 N–H and O–H groups in total. The fourth-order valence-corrected chi connectivity index (χ4v) is 1.57. The number of esters is 1. The van der Waals surface area contributed by atoms with E-state index < -0.39 is 5.97 Å². The lowest BCUT2D eigenvalue weighted by Crippen LogP contribution is -2.28. The van der Waals surface area contributed by atoms with Gasteiger partial charge in [-0.25, -0.2) is 0 Å². The van der Waals surface area contributed by atoms with Gasteiger partial charge in [0.15, 0.2) is 0 Å². The van der Waals surface area contributed by atoms with Crippen molar-refractivity contribution in [2.24, 2.45) is 0 Å². The van der Waals surface area contributed by atoms with Gasteiger partial charge in [-0.1, -0.05) is 18.2 Å². The lowest BCUT2D eigenvalue weighted by molar-refractivity contribution is -0.143. The normalized spacial score (nSPS) is 9.94. The van der Waals surface area contributed by atoms with Crippen molar-refractivity contribution in [3.8, 4) is 0 Å². The van der Waals surface area contributed by atoms with Gasteiger partial charge in [0.1, 0.15) is 6.42 Å². The molecule has 1 amide bonds. The molecule has 4 heteroatoms. The summed E-state index contributed by atoms with van der Waals surface area (Å²) in [6.07, 6.45) is 0.539. The Labute approximate surface area is 107 Å². The van der Waals surface area contributed by atoms with Crippen LogP contribution in [0.3, 0.4) is 0 Å². The van der Waals surface area contributed by atoms with Gasteiger partial charge in [0.2, 0.25) is 5.91 Å². The molecule has 0 atom stereocenters. The number of methoxy groups -OCH3 is 1. The number of hydrogen-bond acceptors (Lipinski definition) is 3. The molecule has 1 aromatic carbocycles. The fourth-order valence-electron chi connectivity index (χ4n) is 1.57. The Morgan fingerprint density at radius 1 is 1.22 bits per heavy atom. The monoisotopic (exact) mass is 249 g/mol. The highest BCUT2D eigenvalue weighted by Crippen LogP contribution is 2.09. The molecular weight excluding hydrogens is 230 g/mol. The van der Waals surface area contributed by atoms with Gasteiger partial charge in [-0.2, -0.15) is 0 Å². The molecule has 0 saturated carbocycles. The third-order valence-electron chi connectivity index (χ3n) is 2.84. The van der Waals surface area contributed by atoms with Gasteiger partial charge in [0.25, 0.3) is 0 Å². The van der Waals surface area contributed by atoms with E-state index in [4.69, 9.17) is 0 Å². The zero-order valence-corrected chi connectivity index (χ0v) is 11.1. The average molecular weight is 249 g/mol. The summed E-state index contributed by atoms with van der Waals surface area (Å²) in [5.41, 5.74) is 3.68. The van der Waals surface area contributed by atoms with Gasteiger partial charge in [-0.15, -0.1) is 0 Å². The van der Waals surface area contributed by atoms with Gasteiger partial charge in [-0.05, 0) is 37.0 Å². The van der Waals surface area contributed by atoms with Crippen LogP contribution in [0.25, 0.3) is 0 Å². The first-order valence-electron chi connectivity index (χ1n) is 5.92. The SMILES string of the molecule is COC(=O)CC(=O)NCCc1ccc(C)c(C)c1. The van der Waals surface area contributed by atoms with Gasteiger partial charge in [-0.3, -0.25) is 9.59 Å². The largest absolute Gasteiger partial charge is 0.469 e. The van der Waals surface area contributed by atoms with E-state index in [0.717, 1.165) is 6.42 Å². The zero-order chi connectivity index (χ0) is 13.5. The van der Waals surface area contributed by atoms with Crippen LogP contribution in [0.5, 0.6) is 0 Å². The lowest BCUT2D eigenvalue weighted by atomic mass is 10.0. The van der Waals surface area contributed by atoms with Gasteiger partial charge >= 0.3 is 5.97 Å². The topological polar surface area (TPSA) is 55.4 Å². The summed E-state index contributed by atoms with van der Waals surface area (Å²) in [5, 5.41) is 2.69. The smallest absolute Gasteiger partial charge is 0.315 e. The molecule has 1 aromatic rings. The van der Waals surface area contributed by atoms with E-state index in [2.05, 4.69) is 42.1 Å². The first-order chi connectivity index (χ1) is 8.52. The van der Waals surface area contributed by atoms with Crippen LogP contribution in [-0.4, -0.2) is 25.5 Å². The number of ether oxygens (including phenoxy) is 1. The number of nitrogens with one attached hydrogen (secondary N) is 1. The highest BCUT2D eigenvalue weighted by Gasteiger charge is 2.08. The second-order valence-electron chi connectivity index (χ2n) is 4.27. The van der Waals surface area contributed by atoms with Crippen LogP contribution in [0.2, 0.25) is 0 Å². The summed E-state index contributed by atoms with van der Waals surface area (Å²) in [5.74, 6) is -0.815. The maximum atomic E-state index is 11.3. The number of rotatable bonds is 5. The van der Waals surface area contributed by atoms with Crippen molar-refractivity contribution in [1.82, 2.24) is 5.32 Å². The van der Waals surface area contributed by atoms with E-state index in [1.807, 2.05) is 0 Å². The highest BCUT2D eigenvalue weighted by atomic mass is 16.5. The molecule has 0 radical (unpaired) electrons. The van der Waals surface area contributed by atoms with Crippen molar-refractivity contribution in [2.75, 3.05) is 13.7 Å². The zero-order valence-electron chi connectivity index (χ0n) is 11.1. The lowest BCUT2D eigenvalue weighted by Gasteiger charge is -2.06. The molecule has 4 nitrogen and oxygen atoms in total. The Morgan fingerprint density at radius 2 is 1.94 bits per heavy atom. The van der Waals surface area contributed by atoms with Crippen LogP contribution in [0.1, 0.15) is 23.1 Å². The molecule has 0 bridgehead atoms. The summed E-state index contributed by atoms with van der Waals surface area (Å²) in [6, 6.07) is 6.23. The third kappa shape index (κ3) is 4.57. The third-order valence-corrected chi connectivity index (χ3v) is 2.84. The van der Waals surface area contributed by atoms with E-state index in [9.17, 15) is 9.59 Å². The Balaban J connectivity index is 2.35. The maximum Gasteiger partial charge on any atom is 0.315 e. The van der Waals surface area contributed by atoms with Crippen molar-refractivity contribution < 1.29 is 14.3 Å². The number of aryl methyl sites for hydroxylation is 2. The molecule has 0 unspecified atom stereocenters. The molecule has 0 heterocycles. The summed E-state index contributed by atoms with van der Waals surface area (Å²) in [6.45, 7) is 4.66. The number of amides is 1. The van der Waals surface area contributed by atoms with Crippen molar-refractivity contribution in [1.29, 1.82) is 0 Å². The molecule has 0 fully saturated rings. The summed E-state index contributed by atoms with van der Waals surface area (Å²) < 4.78 is 4.41. The second-order valence-corrected chi connectivity index (χ2v) is 4.27. The molecular formula is C14H19NO3. The Bertz CT molecular complexity index is 441. The molecule has 0 aliphatic heterocycles. The van der Waals surface area contributed by atoms with Crippen LogP contribution >= 0.6 is 0 Å². The van der Waals surface area contributed by atoms with E-state index in [-0.39, 0.29) is 12.3 Å². The fraction of sp³-hybridized carbons (Fsp3) is 0.429. The standard InChI is InChI=1S/C14H19NO3/c1-10-4-5-12(8-11(10)2)6-7-15-13(16)9-14(17)18-3/h4-5,8H,6-7,9H2,1-3H3,(H,15,16). The highest BCUT2D eigenvalue weighted by molar-refractivity contribution is 5.94. The predicted octanol–water partition coefficient (Wildman–Crippen LogP) is 1.53. The molecule has 1 rings (SSSR count). The molecule has 18 heavy (non-hydrogen) atoms. The van der Waals surface area contributed by atoms with Crippen molar-refractivity contribution >= 4 is 11.9 Å². The van der Waals surface area contributed by atoms with E-state index in [0.29, 0.717) is 6.54 Å². The summed E-state index contributed by atoms with van der Waals surface area (Å²) in [4.78, 5) is 22.2. The van der Waals surface area contributed by atoms with Gasteiger partial charge in [0.05, 0.1) is 7.11 Å². The van der Waals surface area contributed by atoms with Gasteiger partial charge < -0.3 is 10.1 Å². The first-order valence-corrected chi connectivity index (χ1v) is 5.92. The molecule has 0 spiro atoms. The van der Waals surface area contributed by atoms with Crippen molar-refractivity contribution in [3.05, 3.63) is 34.9 Å². The summed E-state index contributed by atoms with van der Waals surface area (Å²) >= 11 is 0. The van der Waals surface area contributed by atoms with Crippen LogP contribution in [0.15, 0.2) is 18.2 Å². The minimum absolute atomic E-state index is 0.219. The van der Waals surface area contributed by atoms with Crippen molar-refractivity contribution in [2.45, 2.75) is 26.7 Å². The first kappa shape index (κ1) is 14.2. The second kappa shape index (κ2) is 6.79. The molecule has 0 aliphatic rings. The molecule has 98 valence electrons. The van der Waals surface area contributed by atoms with Crippen LogP contribution < -0.4 is 5.32 Å². The summed E-state index contributed by atoms with van der Waals surface area (Å²) in [7, 11) is 1.27. The van der Waals surface area contributed by atoms with Crippen LogP contribution in [0, 0.1) is 13.8 Å². The number of hydrogen-bond donors (Lipinski definition) is 1. The van der Waals surface area contributed by atoms with Crippen molar-refractivity contribution in [3.63, 3.8) is 0 Å². The minimum Gasteiger partial charge on any atom is -0.469 e. The number of carbonyl (C=O) groups is 2. The van der Waals surface area contributed by atoms with E-state index in [1.54, 1.807) is 0 Å². The quantitative estimate of drug-likeness (QED) is 0.636. The molecule has 0 aliphatic carbocycles. The minimum atomic E-state index is -0.515. The molecule has 0 saturated heterocycles. The Kier molecular flexibility index (Phi) is 5.36.